The van der Waals surface area contributed by atoms with Crippen LogP contribution in [0.15, 0.2) is 29.0 Å². The Labute approximate surface area is 117 Å². The van der Waals surface area contributed by atoms with Crippen molar-refractivity contribution < 1.29 is 14.1 Å². The van der Waals surface area contributed by atoms with Crippen LogP contribution in [0.4, 0.5) is 10.7 Å². The van der Waals surface area contributed by atoms with Crippen LogP contribution >= 0.6 is 0 Å². The Bertz CT molecular complexity index is 579. The van der Waals surface area contributed by atoms with Gasteiger partial charge in [0.15, 0.2) is 0 Å². The van der Waals surface area contributed by atoms with Gasteiger partial charge < -0.3 is 9.26 Å². The van der Waals surface area contributed by atoms with E-state index in [1.807, 2.05) is 26.0 Å². The molecule has 1 amide bonds. The van der Waals surface area contributed by atoms with E-state index in [1.165, 1.54) is 0 Å². The molecule has 106 valence electrons. The lowest BCUT2D eigenvalue weighted by Crippen LogP contribution is -2.14. The van der Waals surface area contributed by atoms with Crippen molar-refractivity contribution in [3.8, 4) is 11.3 Å². The molecule has 1 N–H and O–H groups in total. The Kier molecular flexibility index (Phi) is 4.34. The van der Waals surface area contributed by atoms with E-state index in [1.54, 1.807) is 19.3 Å². The summed E-state index contributed by atoms with van der Waals surface area (Å²) in [6.07, 6.45) is 2.84. The minimum atomic E-state index is -0.553. The summed E-state index contributed by atoms with van der Waals surface area (Å²) in [6, 6.07) is 3.72. The monoisotopic (exact) mass is 275 g/mol. The first-order valence-corrected chi connectivity index (χ1v) is 6.47. The van der Waals surface area contributed by atoms with Crippen molar-refractivity contribution in [2.24, 2.45) is 0 Å². The normalized spacial score (nSPS) is 10.6. The van der Waals surface area contributed by atoms with Crippen LogP contribution in [-0.2, 0) is 4.74 Å². The topological polar surface area (TPSA) is 77.2 Å². The number of ether oxygens (including phenoxy) is 1. The van der Waals surface area contributed by atoms with E-state index in [2.05, 4.69) is 15.5 Å². The highest BCUT2D eigenvalue weighted by atomic mass is 16.6. The number of aromatic nitrogens is 2. The van der Waals surface area contributed by atoms with Crippen molar-refractivity contribution in [1.29, 1.82) is 0 Å². The molecule has 2 aromatic heterocycles. The fraction of sp³-hybridized carbons (Fsp3) is 0.357. The molecule has 0 fully saturated rings. The van der Waals surface area contributed by atoms with Crippen LogP contribution in [0.25, 0.3) is 11.3 Å². The Morgan fingerprint density at radius 2 is 2.30 bits per heavy atom. The number of nitrogens with one attached hydrogen (secondary N) is 1. The molecular weight excluding hydrogens is 258 g/mol. The first-order chi connectivity index (χ1) is 9.63. The van der Waals surface area contributed by atoms with Gasteiger partial charge in [-0.15, -0.1) is 0 Å². The molecule has 0 aliphatic heterocycles. The summed E-state index contributed by atoms with van der Waals surface area (Å²) in [6.45, 7) is 6.04. The first kappa shape index (κ1) is 14.0. The van der Waals surface area contributed by atoms with Crippen molar-refractivity contribution in [3.63, 3.8) is 0 Å². The second kappa shape index (κ2) is 6.18. The van der Waals surface area contributed by atoms with E-state index in [9.17, 15) is 4.79 Å². The lowest BCUT2D eigenvalue weighted by Gasteiger charge is -2.08. The number of anilines is 1. The molecular formula is C14H17N3O3. The molecule has 20 heavy (non-hydrogen) atoms. The van der Waals surface area contributed by atoms with Crippen LogP contribution in [0.2, 0.25) is 0 Å². The standard InChI is InChI=1S/C14H17N3O3/c1-4-19-14(18)16-13-11(9(2)3)12(17-20-13)10-6-5-7-15-8-10/h5-9H,4H2,1-3H3,(H,16,18). The molecule has 6 nitrogen and oxygen atoms in total. The van der Waals surface area contributed by atoms with Crippen LogP contribution in [0, 0.1) is 0 Å². The van der Waals surface area contributed by atoms with Gasteiger partial charge in [-0.05, 0) is 25.0 Å². The average Bonchev–Trinajstić information content (AvgIpc) is 2.83. The van der Waals surface area contributed by atoms with E-state index in [4.69, 9.17) is 9.26 Å². The maximum atomic E-state index is 11.5. The van der Waals surface area contributed by atoms with Gasteiger partial charge in [-0.3, -0.25) is 10.3 Å². The second-order valence-corrected chi connectivity index (χ2v) is 4.52. The van der Waals surface area contributed by atoms with Crippen molar-refractivity contribution in [2.45, 2.75) is 26.7 Å². The third kappa shape index (κ3) is 2.96. The molecule has 6 heteroatoms. The second-order valence-electron chi connectivity index (χ2n) is 4.52. The van der Waals surface area contributed by atoms with Crippen molar-refractivity contribution in [1.82, 2.24) is 10.1 Å². The largest absolute Gasteiger partial charge is 0.450 e. The van der Waals surface area contributed by atoms with E-state index in [0.29, 0.717) is 18.2 Å². The molecule has 0 unspecified atom stereocenters. The molecule has 0 aliphatic carbocycles. The Balaban J connectivity index is 2.36. The number of pyridine rings is 1. The summed E-state index contributed by atoms with van der Waals surface area (Å²) in [7, 11) is 0. The fourth-order valence-electron chi connectivity index (χ4n) is 1.89. The zero-order valence-corrected chi connectivity index (χ0v) is 11.7. The summed E-state index contributed by atoms with van der Waals surface area (Å²) in [5.74, 6) is 0.450. The van der Waals surface area contributed by atoms with Gasteiger partial charge in [0.25, 0.3) is 0 Å². The highest BCUT2D eigenvalue weighted by Gasteiger charge is 2.22. The molecule has 0 bridgehead atoms. The van der Waals surface area contributed by atoms with Gasteiger partial charge in [0, 0.05) is 23.5 Å². The average molecular weight is 275 g/mol. The molecule has 0 spiro atoms. The lowest BCUT2D eigenvalue weighted by atomic mass is 9.99. The molecule has 0 saturated heterocycles. The predicted molar refractivity (Wildman–Crippen MR) is 74.5 cm³/mol. The van der Waals surface area contributed by atoms with Crippen LogP contribution in [-0.4, -0.2) is 22.8 Å². The lowest BCUT2D eigenvalue weighted by molar-refractivity contribution is 0.167. The maximum Gasteiger partial charge on any atom is 0.414 e. The zero-order valence-electron chi connectivity index (χ0n) is 11.7. The summed E-state index contributed by atoms with van der Waals surface area (Å²) in [5.41, 5.74) is 2.35. The minimum Gasteiger partial charge on any atom is -0.450 e. The molecule has 0 radical (unpaired) electrons. The first-order valence-electron chi connectivity index (χ1n) is 6.47. The zero-order chi connectivity index (χ0) is 14.5. The van der Waals surface area contributed by atoms with E-state index in [0.717, 1.165) is 11.1 Å². The van der Waals surface area contributed by atoms with Gasteiger partial charge in [0.2, 0.25) is 5.88 Å². The predicted octanol–water partition coefficient (Wildman–Crippen LogP) is 3.43. The summed E-state index contributed by atoms with van der Waals surface area (Å²) >= 11 is 0. The maximum absolute atomic E-state index is 11.5. The van der Waals surface area contributed by atoms with Crippen molar-refractivity contribution in [2.75, 3.05) is 11.9 Å². The van der Waals surface area contributed by atoms with Gasteiger partial charge in [0.05, 0.1) is 6.61 Å². The molecule has 2 rings (SSSR count). The van der Waals surface area contributed by atoms with Crippen LogP contribution in [0.3, 0.4) is 0 Å². The number of rotatable bonds is 4. The molecule has 0 saturated carbocycles. The molecule has 0 atom stereocenters. The Morgan fingerprint density at radius 1 is 1.50 bits per heavy atom. The van der Waals surface area contributed by atoms with Crippen molar-refractivity contribution >= 4 is 12.0 Å². The number of carbonyl (C=O) groups is 1. The number of carbonyl (C=O) groups excluding carboxylic acids is 1. The molecule has 0 aromatic carbocycles. The Hall–Kier alpha value is -2.37. The molecule has 0 aliphatic rings. The molecule has 2 aromatic rings. The summed E-state index contributed by atoms with van der Waals surface area (Å²) < 4.78 is 10.1. The van der Waals surface area contributed by atoms with Gasteiger partial charge in [-0.1, -0.05) is 19.0 Å². The Morgan fingerprint density at radius 3 is 2.90 bits per heavy atom. The van der Waals surface area contributed by atoms with Crippen molar-refractivity contribution in [3.05, 3.63) is 30.1 Å². The number of nitrogens with zero attached hydrogens (tertiary/aromatic N) is 2. The fourth-order valence-corrected chi connectivity index (χ4v) is 1.89. The summed E-state index contributed by atoms with van der Waals surface area (Å²) in [4.78, 5) is 15.6. The number of hydrogen-bond acceptors (Lipinski definition) is 5. The van der Waals surface area contributed by atoms with E-state index < -0.39 is 6.09 Å². The van der Waals surface area contributed by atoms with Crippen LogP contribution < -0.4 is 5.32 Å². The highest BCUT2D eigenvalue weighted by molar-refractivity contribution is 5.85. The van der Waals surface area contributed by atoms with Crippen LogP contribution in [0.1, 0.15) is 32.3 Å². The highest BCUT2D eigenvalue weighted by Crippen LogP contribution is 2.34. The van der Waals surface area contributed by atoms with Gasteiger partial charge in [-0.25, -0.2) is 4.79 Å². The van der Waals surface area contributed by atoms with Gasteiger partial charge in [-0.2, -0.15) is 0 Å². The van der Waals surface area contributed by atoms with E-state index >= 15 is 0 Å². The quantitative estimate of drug-likeness (QED) is 0.924. The number of amides is 1. The third-order valence-electron chi connectivity index (χ3n) is 2.73. The number of hydrogen-bond donors (Lipinski definition) is 1. The third-order valence-corrected chi connectivity index (χ3v) is 2.73. The minimum absolute atomic E-state index is 0.133. The van der Waals surface area contributed by atoms with Crippen LogP contribution in [0.5, 0.6) is 0 Å². The smallest absolute Gasteiger partial charge is 0.414 e. The van der Waals surface area contributed by atoms with Gasteiger partial charge >= 0.3 is 6.09 Å². The van der Waals surface area contributed by atoms with Gasteiger partial charge in [0.1, 0.15) is 5.69 Å². The molecule has 2 heterocycles. The van der Waals surface area contributed by atoms with E-state index in [-0.39, 0.29) is 5.92 Å². The SMILES string of the molecule is CCOC(=O)Nc1onc(-c2cccnc2)c1C(C)C. The summed E-state index contributed by atoms with van der Waals surface area (Å²) in [5, 5.41) is 6.61.